The fraction of sp³-hybridized carbons (Fsp3) is 0.500. The molecule has 1 amide bonds. The topological polar surface area (TPSA) is 151 Å². The molecule has 1 fully saturated rings. The minimum absolute atomic E-state index is 0.0613. The van der Waals surface area contributed by atoms with E-state index >= 15 is 0 Å². The molecule has 190 valence electrons. The molecule has 1 aromatic carbocycles. The zero-order valence-corrected chi connectivity index (χ0v) is 22.2. The van der Waals surface area contributed by atoms with Crippen LogP contribution in [0.2, 0.25) is 18.1 Å². The number of azide groups is 1. The van der Waals surface area contributed by atoms with Gasteiger partial charge < -0.3 is 19.4 Å². The van der Waals surface area contributed by atoms with Gasteiger partial charge >= 0.3 is 0 Å². The van der Waals surface area contributed by atoms with Crippen molar-refractivity contribution < 1.29 is 14.3 Å². The summed E-state index contributed by atoms with van der Waals surface area (Å²) in [6, 6.07) is 8.58. The Kier molecular flexibility index (Phi) is 7.14. The summed E-state index contributed by atoms with van der Waals surface area (Å²) in [7, 11) is -2.25. The number of amides is 1. The molecule has 2 heterocycles. The number of aromatic nitrogens is 4. The molecule has 0 spiro atoms. The number of aliphatic hydroxyl groups excluding tert-OH is 1. The summed E-state index contributed by atoms with van der Waals surface area (Å²) in [5.41, 5.74) is 10.3. The van der Waals surface area contributed by atoms with Gasteiger partial charge in [0, 0.05) is 17.0 Å². The van der Waals surface area contributed by atoms with Crippen molar-refractivity contribution in [3.05, 3.63) is 59.0 Å². The van der Waals surface area contributed by atoms with Crippen LogP contribution in [0.4, 0.5) is 5.82 Å². The van der Waals surface area contributed by atoms with Crippen LogP contribution in [0.15, 0.2) is 48.1 Å². The molecule has 1 aliphatic carbocycles. The van der Waals surface area contributed by atoms with Crippen LogP contribution in [0.1, 0.15) is 43.6 Å². The lowest BCUT2D eigenvalue weighted by Gasteiger charge is -2.40. The Hall–Kier alpha value is -3.31. The minimum atomic E-state index is -2.25. The number of carbonyl (C=O) groups excluding carboxylic acids is 1. The SMILES string of the molecule is CC(C)(C)[Si](C)(C)O[C@@H]1[C@H](O)[C@@H](CN=[N+]=[N-])C[C@H]1n1cnc2c(NC(=O)c3ccccc3)ncnc21. The molecular weight excluding hydrogens is 476 g/mol. The maximum Gasteiger partial charge on any atom is 0.256 e. The molecule has 2 aromatic heterocycles. The summed E-state index contributed by atoms with van der Waals surface area (Å²) in [6.45, 7) is 10.9. The van der Waals surface area contributed by atoms with Gasteiger partial charge in [-0.2, -0.15) is 0 Å². The molecule has 0 bridgehead atoms. The summed E-state index contributed by atoms with van der Waals surface area (Å²) < 4.78 is 8.60. The number of benzene rings is 1. The van der Waals surface area contributed by atoms with E-state index in [1.165, 1.54) is 6.33 Å². The van der Waals surface area contributed by atoms with E-state index < -0.39 is 20.5 Å². The van der Waals surface area contributed by atoms with Crippen molar-refractivity contribution in [3.8, 4) is 0 Å². The molecule has 1 aliphatic rings. The molecule has 4 rings (SSSR count). The van der Waals surface area contributed by atoms with Crippen LogP contribution in [0, 0.1) is 5.92 Å². The lowest BCUT2D eigenvalue weighted by atomic mass is 10.1. The van der Waals surface area contributed by atoms with Gasteiger partial charge in [-0.05, 0) is 48.1 Å². The number of hydrogen-bond acceptors (Lipinski definition) is 7. The third-order valence-electron chi connectivity index (χ3n) is 7.34. The molecule has 0 radical (unpaired) electrons. The van der Waals surface area contributed by atoms with Crippen LogP contribution in [0.3, 0.4) is 0 Å². The number of fused-ring (bicyclic) bond motifs is 1. The first-order valence-electron chi connectivity index (χ1n) is 11.9. The van der Waals surface area contributed by atoms with Gasteiger partial charge in [-0.25, -0.2) is 15.0 Å². The molecule has 3 aromatic rings. The smallest absolute Gasteiger partial charge is 0.256 e. The van der Waals surface area contributed by atoms with Gasteiger partial charge in [-0.3, -0.25) is 4.79 Å². The maximum absolute atomic E-state index is 12.7. The van der Waals surface area contributed by atoms with Crippen molar-refractivity contribution in [2.24, 2.45) is 11.0 Å². The van der Waals surface area contributed by atoms with Crippen molar-refractivity contribution in [3.63, 3.8) is 0 Å². The fourth-order valence-corrected chi connectivity index (χ4v) is 5.63. The maximum atomic E-state index is 12.7. The van der Waals surface area contributed by atoms with Crippen molar-refractivity contribution in [1.82, 2.24) is 19.5 Å². The summed E-state index contributed by atoms with van der Waals surface area (Å²) in [6.07, 6.45) is 2.21. The van der Waals surface area contributed by atoms with E-state index in [4.69, 9.17) is 9.96 Å². The van der Waals surface area contributed by atoms with Crippen molar-refractivity contribution in [2.45, 2.75) is 63.6 Å². The molecule has 12 heteroatoms. The summed E-state index contributed by atoms with van der Waals surface area (Å²) >= 11 is 0. The van der Waals surface area contributed by atoms with Crippen molar-refractivity contribution in [2.75, 3.05) is 11.9 Å². The van der Waals surface area contributed by atoms with E-state index in [0.717, 1.165) is 0 Å². The molecule has 0 saturated heterocycles. The number of carbonyl (C=O) groups is 1. The first-order valence-corrected chi connectivity index (χ1v) is 14.8. The molecular formula is C24H32N8O3Si. The van der Waals surface area contributed by atoms with Gasteiger partial charge in [0.1, 0.15) is 6.33 Å². The highest BCUT2D eigenvalue weighted by Crippen LogP contribution is 2.44. The van der Waals surface area contributed by atoms with E-state index in [2.05, 4.69) is 64.2 Å². The Labute approximate surface area is 210 Å². The number of anilines is 1. The lowest BCUT2D eigenvalue weighted by molar-refractivity contribution is 0.0158. The van der Waals surface area contributed by atoms with Gasteiger partial charge in [0.05, 0.1) is 24.6 Å². The van der Waals surface area contributed by atoms with Crippen LogP contribution in [-0.4, -0.2) is 57.6 Å². The first-order chi connectivity index (χ1) is 17.0. The number of aliphatic hydroxyl groups is 1. The average Bonchev–Trinajstić information content (AvgIpc) is 3.39. The number of hydrogen-bond donors (Lipinski definition) is 2. The van der Waals surface area contributed by atoms with Gasteiger partial charge in [0.25, 0.3) is 5.91 Å². The lowest BCUT2D eigenvalue weighted by Crippen LogP contribution is -2.48. The molecule has 11 nitrogen and oxygen atoms in total. The number of nitrogens with zero attached hydrogens (tertiary/aromatic N) is 7. The predicted octanol–water partition coefficient (Wildman–Crippen LogP) is 4.70. The van der Waals surface area contributed by atoms with E-state index in [-0.39, 0.29) is 29.4 Å². The average molecular weight is 509 g/mol. The molecule has 0 unspecified atom stereocenters. The van der Waals surface area contributed by atoms with Crippen molar-refractivity contribution >= 4 is 31.2 Å². The molecule has 1 saturated carbocycles. The highest BCUT2D eigenvalue weighted by atomic mass is 28.4. The second-order valence-corrected chi connectivity index (χ2v) is 15.4. The molecule has 0 aliphatic heterocycles. The van der Waals surface area contributed by atoms with Crippen LogP contribution in [0.25, 0.3) is 21.6 Å². The summed E-state index contributed by atoms with van der Waals surface area (Å²) in [5, 5.41) is 17.7. The van der Waals surface area contributed by atoms with Crippen LogP contribution in [-0.2, 0) is 4.43 Å². The third kappa shape index (κ3) is 4.98. The third-order valence-corrected chi connectivity index (χ3v) is 11.8. The zero-order chi connectivity index (χ0) is 26.1. The zero-order valence-electron chi connectivity index (χ0n) is 21.2. The standard InChI is InChI=1S/C24H32N8O3Si/c1-24(2,3)36(4,5)35-20-17(11-16(19(20)33)12-29-31-25)32-14-28-18-21(26-13-27-22(18)32)30-23(34)15-9-7-6-8-10-15/h6-10,13-14,16-17,19-20,33H,11-12H2,1-5H3,(H,26,27,30,34)/t16-,17-,19-,20+/m1/s1. The summed E-state index contributed by atoms with van der Waals surface area (Å²) in [5.74, 6) is -0.258. The number of nitrogens with one attached hydrogen (secondary N) is 1. The van der Waals surface area contributed by atoms with Crippen LogP contribution in [0.5, 0.6) is 0 Å². The second-order valence-electron chi connectivity index (χ2n) is 10.7. The fourth-order valence-electron chi connectivity index (χ4n) is 4.30. The van der Waals surface area contributed by atoms with E-state index in [1.54, 1.807) is 30.6 Å². The Morgan fingerprint density at radius 1 is 1.28 bits per heavy atom. The van der Waals surface area contributed by atoms with Crippen LogP contribution >= 0.6 is 0 Å². The second kappa shape index (κ2) is 9.98. The van der Waals surface area contributed by atoms with Crippen molar-refractivity contribution in [1.29, 1.82) is 0 Å². The molecule has 4 atom stereocenters. The van der Waals surface area contributed by atoms with Gasteiger partial charge in [-0.15, -0.1) is 0 Å². The highest BCUT2D eigenvalue weighted by molar-refractivity contribution is 6.74. The van der Waals surface area contributed by atoms with Gasteiger partial charge in [-0.1, -0.05) is 44.1 Å². The van der Waals surface area contributed by atoms with E-state index in [9.17, 15) is 9.90 Å². The van der Waals surface area contributed by atoms with E-state index in [0.29, 0.717) is 29.0 Å². The first kappa shape index (κ1) is 25.8. The normalized spacial score (nSPS) is 22.4. The molecule has 2 N–H and O–H groups in total. The predicted molar refractivity (Wildman–Crippen MR) is 139 cm³/mol. The van der Waals surface area contributed by atoms with Gasteiger partial charge in [0.15, 0.2) is 25.3 Å². The number of imidazole rings is 1. The number of rotatable bonds is 7. The van der Waals surface area contributed by atoms with E-state index in [1.807, 2.05) is 10.6 Å². The Morgan fingerprint density at radius 3 is 2.67 bits per heavy atom. The minimum Gasteiger partial charge on any atom is -0.409 e. The monoisotopic (exact) mass is 508 g/mol. The largest absolute Gasteiger partial charge is 0.409 e. The van der Waals surface area contributed by atoms with Crippen LogP contribution < -0.4 is 5.32 Å². The Morgan fingerprint density at radius 2 is 2.00 bits per heavy atom. The van der Waals surface area contributed by atoms with Gasteiger partial charge in [0.2, 0.25) is 0 Å². The Bertz CT molecular complexity index is 1280. The Balaban J connectivity index is 1.69. The highest BCUT2D eigenvalue weighted by Gasteiger charge is 2.49. The molecule has 36 heavy (non-hydrogen) atoms. The quantitative estimate of drug-likeness (QED) is 0.204. The summed E-state index contributed by atoms with van der Waals surface area (Å²) in [4.78, 5) is 28.8.